The molecular weight excluding hydrogens is 222 g/mol. The van der Waals surface area contributed by atoms with E-state index in [1.54, 1.807) is 7.11 Å². The zero-order chi connectivity index (χ0) is 11.6. The molecule has 16 heavy (non-hydrogen) atoms. The van der Waals surface area contributed by atoms with E-state index in [-0.39, 0.29) is 5.54 Å². The summed E-state index contributed by atoms with van der Waals surface area (Å²) in [6.45, 7) is 3.37. The van der Waals surface area contributed by atoms with Crippen molar-refractivity contribution >= 4 is 11.6 Å². The van der Waals surface area contributed by atoms with Gasteiger partial charge in [0.2, 0.25) is 0 Å². The van der Waals surface area contributed by atoms with Gasteiger partial charge in [-0.05, 0) is 56.5 Å². The van der Waals surface area contributed by atoms with Crippen LogP contribution in [0, 0.1) is 0 Å². The molecule has 0 aliphatic carbocycles. The maximum atomic E-state index is 6.03. The predicted octanol–water partition coefficient (Wildman–Crippen LogP) is 3.03. The second kappa shape index (κ2) is 4.64. The van der Waals surface area contributed by atoms with Crippen LogP contribution in [0.4, 0.5) is 0 Å². The monoisotopic (exact) mass is 239 g/mol. The summed E-state index contributed by atoms with van der Waals surface area (Å²) in [6.07, 6.45) is 3.43. The third-order valence-corrected chi connectivity index (χ3v) is 3.52. The van der Waals surface area contributed by atoms with Crippen molar-refractivity contribution < 1.29 is 4.74 Å². The molecule has 1 aromatic rings. The standard InChI is InChI=1S/C13H18ClNO/c1-13(6-3-7-15-13)9-10-8-11(14)4-5-12(10)16-2/h4-5,8,15H,3,6-7,9H2,1-2H3. The van der Waals surface area contributed by atoms with Crippen molar-refractivity contribution in [1.82, 2.24) is 5.32 Å². The van der Waals surface area contributed by atoms with Crippen molar-refractivity contribution in [2.45, 2.75) is 31.7 Å². The molecule has 1 unspecified atom stereocenters. The molecule has 1 heterocycles. The lowest BCUT2D eigenvalue weighted by Crippen LogP contribution is -2.38. The number of rotatable bonds is 3. The van der Waals surface area contributed by atoms with Gasteiger partial charge >= 0.3 is 0 Å². The van der Waals surface area contributed by atoms with Gasteiger partial charge in [0.25, 0.3) is 0 Å². The highest BCUT2D eigenvalue weighted by Gasteiger charge is 2.29. The smallest absolute Gasteiger partial charge is 0.122 e. The quantitative estimate of drug-likeness (QED) is 0.876. The zero-order valence-corrected chi connectivity index (χ0v) is 10.6. The van der Waals surface area contributed by atoms with E-state index in [0.29, 0.717) is 0 Å². The molecule has 1 aromatic carbocycles. The Kier molecular flexibility index (Phi) is 3.41. The summed E-state index contributed by atoms with van der Waals surface area (Å²) in [6, 6.07) is 5.82. The highest BCUT2D eigenvalue weighted by molar-refractivity contribution is 6.30. The molecule has 2 rings (SSSR count). The first-order valence-corrected chi connectivity index (χ1v) is 6.08. The summed E-state index contributed by atoms with van der Waals surface area (Å²) in [7, 11) is 1.71. The molecule has 1 atom stereocenters. The molecule has 0 spiro atoms. The van der Waals surface area contributed by atoms with Crippen molar-refractivity contribution in [3.8, 4) is 5.75 Å². The van der Waals surface area contributed by atoms with Crippen LogP contribution in [0.1, 0.15) is 25.3 Å². The Labute approximate surface area is 102 Å². The van der Waals surface area contributed by atoms with E-state index in [0.717, 1.165) is 23.7 Å². The van der Waals surface area contributed by atoms with Crippen molar-refractivity contribution in [3.63, 3.8) is 0 Å². The van der Waals surface area contributed by atoms with Crippen LogP contribution in [0.15, 0.2) is 18.2 Å². The van der Waals surface area contributed by atoms with E-state index in [9.17, 15) is 0 Å². The Morgan fingerprint density at radius 3 is 2.94 bits per heavy atom. The maximum Gasteiger partial charge on any atom is 0.122 e. The molecule has 1 aliphatic rings. The van der Waals surface area contributed by atoms with Gasteiger partial charge in [0.1, 0.15) is 5.75 Å². The van der Waals surface area contributed by atoms with Crippen molar-refractivity contribution in [2.75, 3.05) is 13.7 Å². The van der Waals surface area contributed by atoms with Gasteiger partial charge in [0, 0.05) is 10.6 Å². The van der Waals surface area contributed by atoms with Crippen LogP contribution in [0.3, 0.4) is 0 Å². The van der Waals surface area contributed by atoms with Crippen LogP contribution in [0.5, 0.6) is 5.75 Å². The second-order valence-corrected chi connectivity index (χ2v) is 5.16. The number of hydrogen-bond acceptors (Lipinski definition) is 2. The average Bonchev–Trinajstić information content (AvgIpc) is 2.65. The summed E-state index contributed by atoms with van der Waals surface area (Å²) in [5.41, 5.74) is 1.38. The van der Waals surface area contributed by atoms with E-state index in [1.807, 2.05) is 18.2 Å². The minimum atomic E-state index is 0.192. The molecule has 2 nitrogen and oxygen atoms in total. The largest absolute Gasteiger partial charge is 0.496 e. The fourth-order valence-corrected chi connectivity index (χ4v) is 2.61. The number of benzene rings is 1. The van der Waals surface area contributed by atoms with Gasteiger partial charge in [-0.1, -0.05) is 11.6 Å². The van der Waals surface area contributed by atoms with Crippen molar-refractivity contribution in [1.29, 1.82) is 0 Å². The van der Waals surface area contributed by atoms with E-state index < -0.39 is 0 Å². The molecule has 1 N–H and O–H groups in total. The van der Waals surface area contributed by atoms with Gasteiger partial charge in [-0.3, -0.25) is 0 Å². The van der Waals surface area contributed by atoms with Crippen molar-refractivity contribution in [2.24, 2.45) is 0 Å². The van der Waals surface area contributed by atoms with Crippen molar-refractivity contribution in [3.05, 3.63) is 28.8 Å². The minimum Gasteiger partial charge on any atom is -0.496 e. The van der Waals surface area contributed by atoms with E-state index in [1.165, 1.54) is 18.4 Å². The summed E-state index contributed by atoms with van der Waals surface area (Å²) >= 11 is 6.03. The minimum absolute atomic E-state index is 0.192. The summed E-state index contributed by atoms with van der Waals surface area (Å²) < 4.78 is 5.37. The van der Waals surface area contributed by atoms with E-state index in [2.05, 4.69) is 12.2 Å². The Balaban J connectivity index is 2.22. The van der Waals surface area contributed by atoms with E-state index in [4.69, 9.17) is 16.3 Å². The fourth-order valence-electron chi connectivity index (χ4n) is 2.41. The highest BCUT2D eigenvalue weighted by atomic mass is 35.5. The Hall–Kier alpha value is -0.730. The maximum absolute atomic E-state index is 6.03. The van der Waals surface area contributed by atoms with Gasteiger partial charge in [-0.2, -0.15) is 0 Å². The van der Waals surface area contributed by atoms with Crippen LogP contribution in [-0.4, -0.2) is 19.2 Å². The zero-order valence-electron chi connectivity index (χ0n) is 9.85. The van der Waals surface area contributed by atoms with Gasteiger partial charge < -0.3 is 10.1 Å². The first-order chi connectivity index (χ1) is 7.63. The third-order valence-electron chi connectivity index (χ3n) is 3.28. The summed E-state index contributed by atoms with van der Waals surface area (Å²) in [5, 5.41) is 4.33. The Bertz CT molecular complexity index is 372. The van der Waals surface area contributed by atoms with Gasteiger partial charge in [-0.15, -0.1) is 0 Å². The second-order valence-electron chi connectivity index (χ2n) is 4.72. The number of methoxy groups -OCH3 is 1. The molecule has 1 aliphatic heterocycles. The van der Waals surface area contributed by atoms with Crippen LogP contribution in [0.2, 0.25) is 5.02 Å². The van der Waals surface area contributed by atoms with Crippen LogP contribution in [0.25, 0.3) is 0 Å². The lowest BCUT2D eigenvalue weighted by molar-refractivity contribution is 0.382. The number of halogens is 1. The molecule has 0 aromatic heterocycles. The predicted molar refractivity (Wildman–Crippen MR) is 67.3 cm³/mol. The molecule has 88 valence electrons. The number of nitrogens with one attached hydrogen (secondary N) is 1. The molecule has 1 saturated heterocycles. The average molecular weight is 240 g/mol. The van der Waals surface area contributed by atoms with Crippen LogP contribution in [-0.2, 0) is 6.42 Å². The van der Waals surface area contributed by atoms with Crippen LogP contribution < -0.4 is 10.1 Å². The Morgan fingerprint density at radius 1 is 1.50 bits per heavy atom. The van der Waals surface area contributed by atoms with Gasteiger partial charge in [0.05, 0.1) is 7.11 Å². The molecular formula is C13H18ClNO. The first-order valence-electron chi connectivity index (χ1n) is 5.70. The van der Waals surface area contributed by atoms with E-state index >= 15 is 0 Å². The molecule has 0 bridgehead atoms. The summed E-state index contributed by atoms with van der Waals surface area (Å²) in [4.78, 5) is 0. The Morgan fingerprint density at radius 2 is 2.31 bits per heavy atom. The van der Waals surface area contributed by atoms with Crippen LogP contribution >= 0.6 is 11.6 Å². The SMILES string of the molecule is COc1ccc(Cl)cc1CC1(C)CCCN1. The van der Waals surface area contributed by atoms with Gasteiger partial charge in [-0.25, -0.2) is 0 Å². The first kappa shape index (κ1) is 11.7. The fraction of sp³-hybridized carbons (Fsp3) is 0.538. The van der Waals surface area contributed by atoms with Gasteiger partial charge in [0.15, 0.2) is 0 Å². The third kappa shape index (κ3) is 2.50. The molecule has 0 amide bonds. The molecule has 0 radical (unpaired) electrons. The molecule has 1 fully saturated rings. The number of ether oxygens (including phenoxy) is 1. The lowest BCUT2D eigenvalue weighted by Gasteiger charge is -2.25. The normalized spacial score (nSPS) is 24.7. The summed E-state index contributed by atoms with van der Waals surface area (Å²) in [5.74, 6) is 0.930. The molecule has 0 saturated carbocycles. The molecule has 3 heteroatoms. The topological polar surface area (TPSA) is 21.3 Å². The highest BCUT2D eigenvalue weighted by Crippen LogP contribution is 2.30. The number of hydrogen-bond donors (Lipinski definition) is 1. The lowest BCUT2D eigenvalue weighted by atomic mass is 9.91.